The van der Waals surface area contributed by atoms with Gasteiger partial charge in [0.2, 0.25) is 5.69 Å². The fourth-order valence-electron chi connectivity index (χ4n) is 3.42. The Morgan fingerprint density at radius 1 is 1.04 bits per heavy atom. The molecule has 0 saturated carbocycles. The quantitative estimate of drug-likeness (QED) is 0.512. The van der Waals surface area contributed by atoms with Gasteiger partial charge in [0.25, 0.3) is 0 Å². The summed E-state index contributed by atoms with van der Waals surface area (Å²) in [7, 11) is 4.14. The molecule has 0 aliphatic carbocycles. The third-order valence-corrected chi connectivity index (χ3v) is 4.68. The summed E-state index contributed by atoms with van der Waals surface area (Å²) in [6, 6.07) is 17.2. The van der Waals surface area contributed by atoms with E-state index in [1.807, 2.05) is 19.4 Å². The molecule has 118 valence electrons. The first-order chi connectivity index (χ1) is 11.7. The van der Waals surface area contributed by atoms with Crippen molar-refractivity contribution in [3.63, 3.8) is 0 Å². The van der Waals surface area contributed by atoms with Crippen LogP contribution in [0.25, 0.3) is 33.4 Å². The van der Waals surface area contributed by atoms with E-state index in [0.717, 1.165) is 5.82 Å². The van der Waals surface area contributed by atoms with E-state index in [0.29, 0.717) is 0 Å². The standard InChI is InChI=1S/C21H20N3/c1-15-18(21-22-11-13-24(21)3)14-16-8-4-5-9-17(16)20(15)19-10-6-7-12-23(19)2/h4-14H,1-3H3/q+1. The number of benzene rings is 2. The van der Waals surface area contributed by atoms with Crippen LogP contribution in [0.2, 0.25) is 0 Å². The molecule has 0 spiro atoms. The van der Waals surface area contributed by atoms with Crippen LogP contribution in [-0.4, -0.2) is 9.55 Å². The lowest BCUT2D eigenvalue weighted by Gasteiger charge is -2.14. The minimum atomic E-state index is 0.998. The predicted molar refractivity (Wildman–Crippen MR) is 97.5 cm³/mol. The maximum absolute atomic E-state index is 4.57. The van der Waals surface area contributed by atoms with Crippen LogP contribution < -0.4 is 4.57 Å². The van der Waals surface area contributed by atoms with Crippen molar-refractivity contribution < 1.29 is 4.57 Å². The second kappa shape index (κ2) is 5.60. The van der Waals surface area contributed by atoms with Crippen LogP contribution in [0.3, 0.4) is 0 Å². The first-order valence-corrected chi connectivity index (χ1v) is 8.12. The SMILES string of the molecule is Cc1c(-c2nccn2C)cc2ccccc2c1-c1cccc[n+]1C. The molecule has 4 aromatic rings. The largest absolute Gasteiger partial charge is 0.334 e. The Kier molecular flexibility index (Phi) is 3.42. The highest BCUT2D eigenvalue weighted by molar-refractivity contribution is 6.00. The van der Waals surface area contributed by atoms with Gasteiger partial charge in [0.1, 0.15) is 12.9 Å². The molecule has 3 heteroatoms. The van der Waals surface area contributed by atoms with Crippen LogP contribution in [-0.2, 0) is 14.1 Å². The van der Waals surface area contributed by atoms with Gasteiger partial charge in [-0.1, -0.05) is 24.3 Å². The maximum Gasteiger partial charge on any atom is 0.213 e. The van der Waals surface area contributed by atoms with Crippen molar-refractivity contribution in [3.8, 4) is 22.6 Å². The van der Waals surface area contributed by atoms with E-state index in [2.05, 4.69) is 82.8 Å². The number of rotatable bonds is 2. The lowest BCUT2D eigenvalue weighted by Crippen LogP contribution is -2.30. The molecule has 2 heterocycles. The van der Waals surface area contributed by atoms with Gasteiger partial charge >= 0.3 is 0 Å². The van der Waals surface area contributed by atoms with Gasteiger partial charge in [-0.3, -0.25) is 0 Å². The Morgan fingerprint density at radius 3 is 2.58 bits per heavy atom. The van der Waals surface area contributed by atoms with Gasteiger partial charge in [0.15, 0.2) is 6.20 Å². The number of hydrogen-bond acceptors (Lipinski definition) is 1. The molecule has 3 nitrogen and oxygen atoms in total. The van der Waals surface area contributed by atoms with Crippen molar-refractivity contribution in [2.45, 2.75) is 6.92 Å². The Labute approximate surface area is 141 Å². The van der Waals surface area contributed by atoms with Gasteiger partial charge < -0.3 is 4.57 Å². The average Bonchev–Trinajstić information content (AvgIpc) is 3.01. The fourth-order valence-corrected chi connectivity index (χ4v) is 3.42. The molecular weight excluding hydrogens is 294 g/mol. The molecule has 0 N–H and O–H groups in total. The van der Waals surface area contributed by atoms with Crippen LogP contribution in [0, 0.1) is 6.92 Å². The zero-order valence-electron chi connectivity index (χ0n) is 14.2. The van der Waals surface area contributed by atoms with E-state index >= 15 is 0 Å². The monoisotopic (exact) mass is 314 g/mol. The van der Waals surface area contributed by atoms with Gasteiger partial charge in [-0.05, 0) is 35.4 Å². The lowest BCUT2D eigenvalue weighted by molar-refractivity contribution is -0.660. The number of hydrogen-bond donors (Lipinski definition) is 0. The van der Waals surface area contributed by atoms with Crippen LogP contribution in [0.15, 0.2) is 67.1 Å². The molecule has 0 atom stereocenters. The summed E-state index contributed by atoms with van der Waals surface area (Å²) in [6.07, 6.45) is 5.94. The van der Waals surface area contributed by atoms with Crippen molar-refractivity contribution in [1.82, 2.24) is 9.55 Å². The molecular formula is C21H20N3+. The molecule has 24 heavy (non-hydrogen) atoms. The van der Waals surface area contributed by atoms with Gasteiger partial charge in [0.05, 0.1) is 5.56 Å². The van der Waals surface area contributed by atoms with E-state index in [-0.39, 0.29) is 0 Å². The number of imidazole rings is 1. The molecule has 0 amide bonds. The molecule has 4 rings (SSSR count). The van der Waals surface area contributed by atoms with E-state index in [1.54, 1.807) is 0 Å². The van der Waals surface area contributed by atoms with Gasteiger partial charge in [0, 0.05) is 37.1 Å². The van der Waals surface area contributed by atoms with Crippen molar-refractivity contribution in [3.05, 3.63) is 72.7 Å². The summed E-state index contributed by atoms with van der Waals surface area (Å²) in [4.78, 5) is 4.57. The first kappa shape index (κ1) is 14.6. The number of fused-ring (bicyclic) bond motifs is 1. The molecule has 0 aliphatic rings. The number of nitrogens with zero attached hydrogens (tertiary/aromatic N) is 3. The fraction of sp³-hybridized carbons (Fsp3) is 0.143. The Hall–Kier alpha value is -2.94. The topological polar surface area (TPSA) is 21.7 Å². The van der Waals surface area contributed by atoms with Crippen LogP contribution in [0.1, 0.15) is 5.56 Å². The number of aromatic nitrogens is 3. The lowest BCUT2D eigenvalue weighted by atomic mass is 9.92. The Morgan fingerprint density at radius 2 is 1.83 bits per heavy atom. The van der Waals surface area contributed by atoms with Crippen molar-refractivity contribution in [2.24, 2.45) is 14.1 Å². The highest BCUT2D eigenvalue weighted by Gasteiger charge is 2.20. The van der Waals surface area contributed by atoms with Crippen LogP contribution in [0.5, 0.6) is 0 Å². The Bertz CT molecular complexity index is 1040. The first-order valence-electron chi connectivity index (χ1n) is 8.12. The van der Waals surface area contributed by atoms with E-state index in [9.17, 15) is 0 Å². The summed E-state index contributed by atoms with van der Waals surface area (Å²) in [5.74, 6) is 0.998. The summed E-state index contributed by atoms with van der Waals surface area (Å²) in [5, 5.41) is 2.51. The number of pyridine rings is 1. The van der Waals surface area contributed by atoms with Gasteiger partial charge in [-0.15, -0.1) is 0 Å². The minimum Gasteiger partial charge on any atom is -0.334 e. The van der Waals surface area contributed by atoms with Gasteiger partial charge in [-0.2, -0.15) is 0 Å². The molecule has 0 unspecified atom stereocenters. The van der Waals surface area contributed by atoms with E-state index < -0.39 is 0 Å². The van der Waals surface area contributed by atoms with Crippen LogP contribution in [0.4, 0.5) is 0 Å². The molecule has 2 aromatic carbocycles. The molecule has 0 bridgehead atoms. The maximum atomic E-state index is 4.57. The van der Waals surface area contributed by atoms with Crippen molar-refractivity contribution in [2.75, 3.05) is 0 Å². The van der Waals surface area contributed by atoms with Crippen LogP contribution >= 0.6 is 0 Å². The van der Waals surface area contributed by atoms with Crippen molar-refractivity contribution in [1.29, 1.82) is 0 Å². The highest BCUT2D eigenvalue weighted by atomic mass is 15.0. The molecule has 0 radical (unpaired) electrons. The molecule has 2 aromatic heterocycles. The van der Waals surface area contributed by atoms with Crippen molar-refractivity contribution >= 4 is 10.8 Å². The van der Waals surface area contributed by atoms with E-state index in [1.165, 1.54) is 33.2 Å². The molecule has 0 saturated heterocycles. The summed E-state index contributed by atoms with van der Waals surface area (Å²) < 4.78 is 4.25. The second-order valence-corrected chi connectivity index (χ2v) is 6.20. The average molecular weight is 314 g/mol. The summed E-state index contributed by atoms with van der Waals surface area (Å²) in [6.45, 7) is 2.19. The minimum absolute atomic E-state index is 0.998. The third-order valence-electron chi connectivity index (χ3n) is 4.68. The smallest absolute Gasteiger partial charge is 0.213 e. The highest BCUT2D eigenvalue weighted by Crippen LogP contribution is 2.36. The Balaban J connectivity index is 2.14. The number of aryl methyl sites for hydroxylation is 2. The molecule has 0 fully saturated rings. The normalized spacial score (nSPS) is 11.1. The molecule has 0 aliphatic heterocycles. The second-order valence-electron chi connectivity index (χ2n) is 6.20. The van der Waals surface area contributed by atoms with Gasteiger partial charge in [-0.25, -0.2) is 9.55 Å². The van der Waals surface area contributed by atoms with E-state index in [4.69, 9.17) is 0 Å². The zero-order chi connectivity index (χ0) is 16.7. The predicted octanol–water partition coefficient (Wildman–Crippen LogP) is 4.04. The summed E-state index contributed by atoms with van der Waals surface area (Å²) in [5.41, 5.74) is 4.92. The summed E-state index contributed by atoms with van der Waals surface area (Å²) >= 11 is 0. The third kappa shape index (κ3) is 2.21. The zero-order valence-corrected chi connectivity index (χ0v) is 14.2.